The molecule has 0 fully saturated rings. The monoisotopic (exact) mass is 538 g/mol. The van der Waals surface area contributed by atoms with E-state index in [-0.39, 0.29) is 0 Å². The predicted molar refractivity (Wildman–Crippen MR) is 175 cm³/mol. The van der Waals surface area contributed by atoms with E-state index < -0.39 is 0 Å². The van der Waals surface area contributed by atoms with E-state index in [0.29, 0.717) is 0 Å². The number of nitrogens with zero attached hydrogens (tertiary/aromatic N) is 2. The zero-order valence-corrected chi connectivity index (χ0v) is 22.8. The minimum Gasteiger partial charge on any atom is -0.228 e. The van der Waals surface area contributed by atoms with Crippen LogP contribution in [-0.4, -0.2) is 9.97 Å². The molecule has 9 aromatic rings. The Hall–Kier alpha value is -5.12. The lowest BCUT2D eigenvalue weighted by Crippen LogP contribution is -1.96. The average Bonchev–Trinajstić information content (AvgIpc) is 3.43. The van der Waals surface area contributed by atoms with Gasteiger partial charge >= 0.3 is 0 Å². The lowest BCUT2D eigenvalue weighted by Gasteiger charge is -2.14. The van der Waals surface area contributed by atoms with E-state index in [9.17, 15) is 0 Å². The van der Waals surface area contributed by atoms with E-state index in [4.69, 9.17) is 9.97 Å². The zero-order valence-electron chi connectivity index (χ0n) is 22.0. The Morgan fingerprint density at radius 2 is 1.02 bits per heavy atom. The summed E-state index contributed by atoms with van der Waals surface area (Å²) in [5.41, 5.74) is 6.47. The molecule has 0 unspecified atom stereocenters. The number of para-hydroxylation sites is 1. The molecule has 0 aliphatic carbocycles. The van der Waals surface area contributed by atoms with Crippen LogP contribution in [0.2, 0.25) is 0 Å². The van der Waals surface area contributed by atoms with Gasteiger partial charge in [-0.3, -0.25) is 0 Å². The van der Waals surface area contributed by atoms with E-state index in [1.165, 1.54) is 52.8 Å². The molecule has 0 amide bonds. The van der Waals surface area contributed by atoms with Crippen molar-refractivity contribution in [3.8, 4) is 33.8 Å². The highest BCUT2D eigenvalue weighted by Crippen LogP contribution is 2.47. The van der Waals surface area contributed by atoms with Gasteiger partial charge in [0.1, 0.15) is 0 Å². The van der Waals surface area contributed by atoms with Crippen molar-refractivity contribution in [2.45, 2.75) is 0 Å². The third kappa shape index (κ3) is 3.36. The van der Waals surface area contributed by atoms with Gasteiger partial charge in [-0.2, -0.15) is 0 Å². The number of benzene rings is 7. The molecular weight excluding hydrogens is 516 g/mol. The summed E-state index contributed by atoms with van der Waals surface area (Å²) in [7, 11) is 0. The first-order chi connectivity index (χ1) is 20.3. The highest BCUT2D eigenvalue weighted by Gasteiger charge is 2.20. The molecule has 0 aliphatic heterocycles. The van der Waals surface area contributed by atoms with Gasteiger partial charge in [-0.1, -0.05) is 109 Å². The fourth-order valence-corrected chi connectivity index (χ4v) is 7.54. The standard InChI is InChI=1S/C38H22N2S/c1-2-9-23(10-3-1)24-17-19-25(20-18-24)37-29-13-6-7-15-31(29)39-38(40-37)30-21-22-33-36-34(30)27-12-5-4-11-26(27)28-14-8-16-32(41-33)35(28)36/h1-22H. The van der Waals surface area contributed by atoms with Gasteiger partial charge in [0, 0.05) is 42.1 Å². The molecule has 3 heteroatoms. The summed E-state index contributed by atoms with van der Waals surface area (Å²) in [6, 6.07) is 47.5. The van der Waals surface area contributed by atoms with Crippen LogP contribution in [0.4, 0.5) is 0 Å². The van der Waals surface area contributed by atoms with Crippen molar-refractivity contribution in [1.29, 1.82) is 0 Å². The normalized spacial score (nSPS) is 11.9. The molecule has 0 saturated carbocycles. The second-order valence-corrected chi connectivity index (χ2v) is 11.6. The van der Waals surface area contributed by atoms with Crippen LogP contribution < -0.4 is 0 Å². The van der Waals surface area contributed by atoms with Crippen LogP contribution in [0.15, 0.2) is 133 Å². The van der Waals surface area contributed by atoms with Gasteiger partial charge in [-0.15, -0.1) is 11.3 Å². The van der Waals surface area contributed by atoms with Crippen LogP contribution in [0.3, 0.4) is 0 Å². The minimum atomic E-state index is 0.760. The molecule has 0 N–H and O–H groups in total. The molecule has 41 heavy (non-hydrogen) atoms. The SMILES string of the molecule is c1ccc(-c2ccc(-c3nc(-c4ccc5sc6cccc7c8ccccc8c4c5c67)nc4ccccc34)cc2)cc1. The van der Waals surface area contributed by atoms with Crippen LogP contribution in [0.1, 0.15) is 0 Å². The smallest absolute Gasteiger partial charge is 0.161 e. The fourth-order valence-electron chi connectivity index (χ4n) is 6.40. The van der Waals surface area contributed by atoms with Gasteiger partial charge in [-0.05, 0) is 51.6 Å². The summed E-state index contributed by atoms with van der Waals surface area (Å²) >= 11 is 1.87. The van der Waals surface area contributed by atoms with Crippen LogP contribution in [-0.2, 0) is 0 Å². The number of fused-ring (bicyclic) bond motifs is 4. The third-order valence-electron chi connectivity index (χ3n) is 8.26. The van der Waals surface area contributed by atoms with Crippen molar-refractivity contribution in [3.63, 3.8) is 0 Å². The summed E-state index contributed by atoms with van der Waals surface area (Å²) in [6.45, 7) is 0. The highest BCUT2D eigenvalue weighted by atomic mass is 32.1. The zero-order chi connectivity index (χ0) is 26.9. The molecule has 0 spiro atoms. The van der Waals surface area contributed by atoms with Gasteiger partial charge in [0.15, 0.2) is 5.82 Å². The molecule has 0 bridgehead atoms. The van der Waals surface area contributed by atoms with Crippen molar-refractivity contribution in [3.05, 3.63) is 133 Å². The number of aromatic nitrogens is 2. The molecule has 190 valence electrons. The second-order valence-electron chi connectivity index (χ2n) is 10.5. The second kappa shape index (κ2) is 8.69. The van der Waals surface area contributed by atoms with Gasteiger partial charge in [-0.25, -0.2) is 9.97 Å². The van der Waals surface area contributed by atoms with Gasteiger partial charge in [0.05, 0.1) is 11.2 Å². The molecular formula is C38H22N2S. The molecule has 7 aromatic carbocycles. The minimum absolute atomic E-state index is 0.760. The third-order valence-corrected chi connectivity index (χ3v) is 9.38. The Morgan fingerprint density at radius 3 is 1.88 bits per heavy atom. The molecule has 2 aromatic heterocycles. The quantitative estimate of drug-likeness (QED) is 0.209. The number of rotatable bonds is 3. The van der Waals surface area contributed by atoms with E-state index in [1.54, 1.807) is 0 Å². The van der Waals surface area contributed by atoms with Crippen LogP contribution in [0.25, 0.3) is 86.4 Å². The highest BCUT2D eigenvalue weighted by molar-refractivity contribution is 7.26. The first-order valence-corrected chi connectivity index (χ1v) is 14.7. The maximum Gasteiger partial charge on any atom is 0.161 e. The maximum absolute atomic E-state index is 5.31. The first kappa shape index (κ1) is 22.7. The lowest BCUT2D eigenvalue weighted by atomic mass is 9.91. The fraction of sp³-hybridized carbons (Fsp3) is 0. The Balaban J connectivity index is 1.33. The lowest BCUT2D eigenvalue weighted by molar-refractivity contribution is 1.24. The predicted octanol–water partition coefficient (Wildman–Crippen LogP) is 10.7. The molecule has 0 radical (unpaired) electrons. The Bertz CT molecular complexity index is 2400. The summed E-state index contributed by atoms with van der Waals surface area (Å²) in [6.07, 6.45) is 0. The molecule has 2 heterocycles. The van der Waals surface area contributed by atoms with Crippen LogP contribution in [0, 0.1) is 0 Å². The Kier molecular flexibility index (Phi) is 4.80. The van der Waals surface area contributed by atoms with E-state index in [2.05, 4.69) is 133 Å². The van der Waals surface area contributed by atoms with E-state index in [0.717, 1.165) is 33.5 Å². The molecule has 0 aliphatic rings. The van der Waals surface area contributed by atoms with E-state index >= 15 is 0 Å². The number of hydrogen-bond acceptors (Lipinski definition) is 3. The van der Waals surface area contributed by atoms with Gasteiger partial charge < -0.3 is 0 Å². The molecule has 9 rings (SSSR count). The van der Waals surface area contributed by atoms with Crippen molar-refractivity contribution < 1.29 is 0 Å². The maximum atomic E-state index is 5.31. The van der Waals surface area contributed by atoms with Crippen molar-refractivity contribution in [2.75, 3.05) is 0 Å². The van der Waals surface area contributed by atoms with Crippen LogP contribution >= 0.6 is 11.3 Å². The topological polar surface area (TPSA) is 25.8 Å². The number of hydrogen-bond donors (Lipinski definition) is 0. The van der Waals surface area contributed by atoms with Crippen molar-refractivity contribution in [1.82, 2.24) is 9.97 Å². The summed E-state index contributed by atoms with van der Waals surface area (Å²) in [5.74, 6) is 0.760. The van der Waals surface area contributed by atoms with Crippen molar-refractivity contribution in [2.24, 2.45) is 0 Å². The summed E-state index contributed by atoms with van der Waals surface area (Å²) < 4.78 is 2.63. The van der Waals surface area contributed by atoms with Crippen LogP contribution in [0.5, 0.6) is 0 Å². The van der Waals surface area contributed by atoms with Gasteiger partial charge in [0.2, 0.25) is 0 Å². The first-order valence-electron chi connectivity index (χ1n) is 13.8. The molecule has 0 atom stereocenters. The Morgan fingerprint density at radius 1 is 0.390 bits per heavy atom. The summed E-state index contributed by atoms with van der Waals surface area (Å²) in [4.78, 5) is 10.5. The molecule has 2 nitrogen and oxygen atoms in total. The number of thiophene rings is 1. The Labute approximate surface area is 240 Å². The summed E-state index contributed by atoms with van der Waals surface area (Å²) in [5, 5.41) is 8.80. The van der Waals surface area contributed by atoms with Crippen molar-refractivity contribution >= 4 is 64.0 Å². The van der Waals surface area contributed by atoms with Gasteiger partial charge in [0.25, 0.3) is 0 Å². The average molecular weight is 539 g/mol. The molecule has 0 saturated heterocycles. The van der Waals surface area contributed by atoms with E-state index in [1.807, 2.05) is 11.3 Å². The largest absolute Gasteiger partial charge is 0.228 e.